The number of carbonyl (C=O) groups is 1. The molecule has 0 aromatic heterocycles. The number of esters is 1. The molecule has 0 bridgehead atoms. The van der Waals surface area contributed by atoms with Crippen molar-refractivity contribution < 1.29 is 9.53 Å². The molecule has 4 nitrogen and oxygen atoms in total. The van der Waals surface area contributed by atoms with E-state index in [9.17, 15) is 4.79 Å². The van der Waals surface area contributed by atoms with Crippen molar-refractivity contribution in [1.82, 2.24) is 10.2 Å². The maximum Gasteiger partial charge on any atom is 0.323 e. The standard InChI is InChI=1S/C16H32N2O2/c1-5-9-15(16(19)20-6-2)18-11-8-7-10-14(18)12-17-13(3)4/h13-15,17H,5-12H2,1-4H3. The number of carbonyl (C=O) groups excluding carboxylic acids is 1. The number of likely N-dealkylation sites (tertiary alicyclic amines) is 1. The van der Waals surface area contributed by atoms with E-state index in [-0.39, 0.29) is 12.0 Å². The molecule has 0 spiro atoms. The van der Waals surface area contributed by atoms with E-state index < -0.39 is 0 Å². The summed E-state index contributed by atoms with van der Waals surface area (Å²) in [6.45, 7) is 10.8. The molecule has 20 heavy (non-hydrogen) atoms. The van der Waals surface area contributed by atoms with E-state index in [1.165, 1.54) is 19.3 Å². The minimum Gasteiger partial charge on any atom is -0.465 e. The quantitative estimate of drug-likeness (QED) is 0.696. The summed E-state index contributed by atoms with van der Waals surface area (Å²) in [6.07, 6.45) is 5.56. The van der Waals surface area contributed by atoms with Gasteiger partial charge in [0.25, 0.3) is 0 Å². The Kier molecular flexibility index (Phi) is 8.15. The lowest BCUT2D eigenvalue weighted by molar-refractivity contribution is -0.151. The van der Waals surface area contributed by atoms with Crippen LogP contribution < -0.4 is 5.32 Å². The highest BCUT2D eigenvalue weighted by Crippen LogP contribution is 2.22. The second-order valence-electron chi connectivity index (χ2n) is 6.01. The molecule has 0 aromatic rings. The van der Waals surface area contributed by atoms with E-state index in [0.717, 1.165) is 25.9 Å². The van der Waals surface area contributed by atoms with Crippen molar-refractivity contribution >= 4 is 5.97 Å². The average Bonchev–Trinajstić information content (AvgIpc) is 2.43. The van der Waals surface area contributed by atoms with Crippen LogP contribution in [0.3, 0.4) is 0 Å². The first kappa shape index (κ1) is 17.4. The fraction of sp³-hybridized carbons (Fsp3) is 0.938. The summed E-state index contributed by atoms with van der Waals surface area (Å²) in [5.41, 5.74) is 0. The molecule has 0 amide bonds. The highest BCUT2D eigenvalue weighted by atomic mass is 16.5. The van der Waals surface area contributed by atoms with Crippen LogP contribution in [0.25, 0.3) is 0 Å². The van der Waals surface area contributed by atoms with Gasteiger partial charge < -0.3 is 10.1 Å². The highest BCUT2D eigenvalue weighted by Gasteiger charge is 2.33. The summed E-state index contributed by atoms with van der Waals surface area (Å²) in [5.74, 6) is -0.0363. The number of nitrogens with one attached hydrogen (secondary N) is 1. The lowest BCUT2D eigenvalue weighted by Gasteiger charge is -2.40. The molecule has 0 aliphatic carbocycles. The number of nitrogens with zero attached hydrogens (tertiary/aromatic N) is 1. The summed E-state index contributed by atoms with van der Waals surface area (Å²) in [6, 6.07) is 0.900. The number of hydrogen-bond acceptors (Lipinski definition) is 4. The van der Waals surface area contributed by atoms with E-state index in [4.69, 9.17) is 4.74 Å². The predicted octanol–water partition coefficient (Wildman–Crippen LogP) is 2.57. The molecule has 118 valence electrons. The van der Waals surface area contributed by atoms with Gasteiger partial charge >= 0.3 is 5.97 Å². The SMILES string of the molecule is CCCC(C(=O)OCC)N1CCCCC1CNC(C)C. The molecule has 1 N–H and O–H groups in total. The van der Waals surface area contributed by atoms with Gasteiger partial charge in [0.05, 0.1) is 6.61 Å². The number of hydrogen-bond donors (Lipinski definition) is 1. The molecule has 1 rings (SSSR count). The molecular weight excluding hydrogens is 252 g/mol. The van der Waals surface area contributed by atoms with E-state index >= 15 is 0 Å². The summed E-state index contributed by atoms with van der Waals surface area (Å²) < 4.78 is 5.28. The molecule has 0 radical (unpaired) electrons. The van der Waals surface area contributed by atoms with E-state index in [2.05, 4.69) is 31.0 Å². The second-order valence-corrected chi connectivity index (χ2v) is 6.01. The lowest BCUT2D eigenvalue weighted by Crippen LogP contribution is -2.54. The highest BCUT2D eigenvalue weighted by molar-refractivity contribution is 5.75. The van der Waals surface area contributed by atoms with Crippen LogP contribution in [0.15, 0.2) is 0 Å². The first-order valence-electron chi connectivity index (χ1n) is 8.25. The van der Waals surface area contributed by atoms with Gasteiger partial charge in [0.15, 0.2) is 0 Å². The topological polar surface area (TPSA) is 41.6 Å². The van der Waals surface area contributed by atoms with Gasteiger partial charge in [-0.2, -0.15) is 0 Å². The molecule has 0 saturated carbocycles. The summed E-state index contributed by atoms with van der Waals surface area (Å²) in [5, 5.41) is 3.52. The number of rotatable bonds is 8. The molecule has 4 heteroatoms. The van der Waals surface area contributed by atoms with Crippen LogP contribution in [-0.4, -0.2) is 48.7 Å². The van der Waals surface area contributed by atoms with Crippen molar-refractivity contribution in [1.29, 1.82) is 0 Å². The van der Waals surface area contributed by atoms with Crippen LogP contribution in [0.2, 0.25) is 0 Å². The predicted molar refractivity (Wildman–Crippen MR) is 82.8 cm³/mol. The van der Waals surface area contributed by atoms with Gasteiger partial charge in [-0.1, -0.05) is 33.6 Å². The molecule has 1 heterocycles. The van der Waals surface area contributed by atoms with Crippen molar-refractivity contribution in [2.75, 3.05) is 19.7 Å². The lowest BCUT2D eigenvalue weighted by atomic mass is 9.97. The van der Waals surface area contributed by atoms with Crippen LogP contribution in [0.1, 0.15) is 59.8 Å². The Bertz CT molecular complexity index is 282. The fourth-order valence-electron chi connectivity index (χ4n) is 2.96. The maximum absolute atomic E-state index is 12.2. The van der Waals surface area contributed by atoms with Crippen LogP contribution in [0.5, 0.6) is 0 Å². The normalized spacial score (nSPS) is 21.9. The zero-order valence-electron chi connectivity index (χ0n) is 13.7. The molecule has 1 fully saturated rings. The van der Waals surface area contributed by atoms with Gasteiger partial charge in [0, 0.05) is 18.6 Å². The summed E-state index contributed by atoms with van der Waals surface area (Å²) in [7, 11) is 0. The molecule has 1 aliphatic heterocycles. The molecule has 1 aliphatic rings. The third kappa shape index (κ3) is 5.41. The Morgan fingerprint density at radius 1 is 1.35 bits per heavy atom. The van der Waals surface area contributed by atoms with Gasteiger partial charge in [-0.25, -0.2) is 0 Å². The minimum atomic E-state index is -0.0563. The molecule has 2 unspecified atom stereocenters. The fourth-order valence-corrected chi connectivity index (χ4v) is 2.96. The van der Waals surface area contributed by atoms with Gasteiger partial charge in [-0.3, -0.25) is 9.69 Å². The summed E-state index contributed by atoms with van der Waals surface area (Å²) >= 11 is 0. The van der Waals surface area contributed by atoms with E-state index in [0.29, 0.717) is 18.7 Å². The summed E-state index contributed by atoms with van der Waals surface area (Å²) in [4.78, 5) is 14.6. The number of piperidine rings is 1. The molecule has 0 aromatic carbocycles. The maximum atomic E-state index is 12.2. The van der Waals surface area contributed by atoms with E-state index in [1.807, 2.05) is 6.92 Å². The smallest absolute Gasteiger partial charge is 0.323 e. The van der Waals surface area contributed by atoms with Crippen molar-refractivity contribution in [3.05, 3.63) is 0 Å². The molecule has 1 saturated heterocycles. The van der Waals surface area contributed by atoms with Crippen LogP contribution in [-0.2, 0) is 9.53 Å². The van der Waals surface area contributed by atoms with Crippen LogP contribution >= 0.6 is 0 Å². The Balaban J connectivity index is 2.69. The zero-order valence-corrected chi connectivity index (χ0v) is 13.7. The van der Waals surface area contributed by atoms with Crippen molar-refractivity contribution in [2.45, 2.75) is 77.9 Å². The van der Waals surface area contributed by atoms with Gasteiger partial charge in [0.1, 0.15) is 6.04 Å². The average molecular weight is 284 g/mol. The van der Waals surface area contributed by atoms with Gasteiger partial charge in [0.2, 0.25) is 0 Å². The van der Waals surface area contributed by atoms with E-state index in [1.54, 1.807) is 0 Å². The van der Waals surface area contributed by atoms with Gasteiger partial charge in [-0.05, 0) is 32.7 Å². The first-order chi connectivity index (χ1) is 9.60. The van der Waals surface area contributed by atoms with Crippen molar-refractivity contribution in [2.24, 2.45) is 0 Å². The second kappa shape index (κ2) is 9.35. The third-order valence-electron chi connectivity index (χ3n) is 3.96. The Morgan fingerprint density at radius 2 is 2.10 bits per heavy atom. The van der Waals surface area contributed by atoms with Crippen LogP contribution in [0.4, 0.5) is 0 Å². The number of ether oxygens (including phenoxy) is 1. The zero-order chi connectivity index (χ0) is 15.0. The Morgan fingerprint density at radius 3 is 2.70 bits per heavy atom. The van der Waals surface area contributed by atoms with Crippen LogP contribution in [0, 0.1) is 0 Å². The third-order valence-corrected chi connectivity index (χ3v) is 3.96. The Labute approximate surface area is 124 Å². The minimum absolute atomic E-state index is 0.0363. The Hall–Kier alpha value is -0.610. The first-order valence-corrected chi connectivity index (χ1v) is 8.25. The van der Waals surface area contributed by atoms with Crippen molar-refractivity contribution in [3.8, 4) is 0 Å². The van der Waals surface area contributed by atoms with Gasteiger partial charge in [-0.15, -0.1) is 0 Å². The van der Waals surface area contributed by atoms with Crippen molar-refractivity contribution in [3.63, 3.8) is 0 Å². The monoisotopic (exact) mass is 284 g/mol. The molecular formula is C16H32N2O2. The molecule has 2 atom stereocenters. The largest absolute Gasteiger partial charge is 0.465 e.